The Morgan fingerprint density at radius 2 is 2.22 bits per heavy atom. The molecular weight excluding hydrogens is 238 g/mol. The number of ether oxygens (including phenoxy) is 1. The quantitative estimate of drug-likeness (QED) is 0.448. The molecular formula is C11H15N3O4. The molecule has 2 N–H and O–H groups in total. The standard InChI is InChI=1S/C11H15N3O4/c1-12-9-4-3-8(7-10(9)14(16)17)11(15)13-5-6-18-2/h3-4,7,12H,5-6H2,1-2H3,(H,13,15). The summed E-state index contributed by atoms with van der Waals surface area (Å²) in [4.78, 5) is 22.0. The molecule has 18 heavy (non-hydrogen) atoms. The van der Waals surface area contributed by atoms with Gasteiger partial charge in [-0.25, -0.2) is 0 Å². The van der Waals surface area contributed by atoms with Gasteiger partial charge >= 0.3 is 0 Å². The number of nitro benzene ring substituents is 1. The molecule has 1 rings (SSSR count). The van der Waals surface area contributed by atoms with Gasteiger partial charge in [-0.1, -0.05) is 0 Å². The van der Waals surface area contributed by atoms with Crippen molar-refractivity contribution in [3.05, 3.63) is 33.9 Å². The Bertz CT molecular complexity index is 448. The number of rotatable bonds is 6. The zero-order valence-corrected chi connectivity index (χ0v) is 10.2. The number of nitrogens with zero attached hydrogens (tertiary/aromatic N) is 1. The van der Waals surface area contributed by atoms with Gasteiger partial charge < -0.3 is 15.4 Å². The van der Waals surface area contributed by atoms with Crippen molar-refractivity contribution >= 4 is 17.3 Å². The molecule has 7 nitrogen and oxygen atoms in total. The molecule has 0 aliphatic carbocycles. The molecule has 0 heterocycles. The van der Waals surface area contributed by atoms with Crippen molar-refractivity contribution in [2.75, 3.05) is 32.6 Å². The van der Waals surface area contributed by atoms with E-state index in [0.29, 0.717) is 18.8 Å². The van der Waals surface area contributed by atoms with Crippen LogP contribution in [0.1, 0.15) is 10.4 Å². The summed E-state index contributed by atoms with van der Waals surface area (Å²) in [6.07, 6.45) is 0. The van der Waals surface area contributed by atoms with Crippen LogP contribution in [0.3, 0.4) is 0 Å². The lowest BCUT2D eigenvalue weighted by Crippen LogP contribution is -2.26. The van der Waals surface area contributed by atoms with Gasteiger partial charge in [-0.2, -0.15) is 0 Å². The lowest BCUT2D eigenvalue weighted by molar-refractivity contribution is -0.384. The molecule has 0 fully saturated rings. The Kier molecular flexibility index (Phi) is 5.06. The van der Waals surface area contributed by atoms with Gasteiger partial charge in [0.2, 0.25) is 0 Å². The van der Waals surface area contributed by atoms with E-state index in [1.165, 1.54) is 25.3 Å². The van der Waals surface area contributed by atoms with Crippen molar-refractivity contribution < 1.29 is 14.5 Å². The largest absolute Gasteiger partial charge is 0.383 e. The van der Waals surface area contributed by atoms with E-state index in [1.807, 2.05) is 0 Å². The van der Waals surface area contributed by atoms with Crippen LogP contribution in [-0.4, -0.2) is 38.1 Å². The predicted molar refractivity (Wildman–Crippen MR) is 66.9 cm³/mol. The maximum absolute atomic E-state index is 11.7. The van der Waals surface area contributed by atoms with Crippen LogP contribution >= 0.6 is 0 Å². The minimum atomic E-state index is -0.530. The zero-order valence-electron chi connectivity index (χ0n) is 10.2. The predicted octanol–water partition coefficient (Wildman–Crippen LogP) is 1.01. The number of hydrogen-bond acceptors (Lipinski definition) is 5. The number of benzene rings is 1. The average molecular weight is 253 g/mol. The van der Waals surface area contributed by atoms with E-state index in [9.17, 15) is 14.9 Å². The fraction of sp³-hybridized carbons (Fsp3) is 0.364. The zero-order chi connectivity index (χ0) is 13.5. The first kappa shape index (κ1) is 13.9. The number of hydrogen-bond donors (Lipinski definition) is 2. The molecule has 0 bridgehead atoms. The number of carbonyl (C=O) groups excluding carboxylic acids is 1. The summed E-state index contributed by atoms with van der Waals surface area (Å²) in [5.74, 6) is -0.363. The maximum Gasteiger partial charge on any atom is 0.293 e. The van der Waals surface area contributed by atoms with Gasteiger partial charge in [0.15, 0.2) is 0 Å². The van der Waals surface area contributed by atoms with Gasteiger partial charge in [0.1, 0.15) is 5.69 Å². The van der Waals surface area contributed by atoms with Crippen molar-refractivity contribution in [1.29, 1.82) is 0 Å². The lowest BCUT2D eigenvalue weighted by atomic mass is 10.1. The van der Waals surface area contributed by atoms with Crippen molar-refractivity contribution in [2.24, 2.45) is 0 Å². The summed E-state index contributed by atoms with van der Waals surface area (Å²) in [7, 11) is 3.11. The van der Waals surface area contributed by atoms with E-state index in [0.717, 1.165) is 0 Å². The highest BCUT2D eigenvalue weighted by Crippen LogP contribution is 2.24. The van der Waals surface area contributed by atoms with Crippen molar-refractivity contribution in [3.63, 3.8) is 0 Å². The van der Waals surface area contributed by atoms with Crippen LogP contribution in [0, 0.1) is 10.1 Å². The summed E-state index contributed by atoms with van der Waals surface area (Å²) in [5.41, 5.74) is 0.488. The van der Waals surface area contributed by atoms with Crippen LogP contribution in [0.2, 0.25) is 0 Å². The van der Waals surface area contributed by atoms with E-state index in [1.54, 1.807) is 7.05 Å². The molecule has 0 spiro atoms. The SMILES string of the molecule is CNc1ccc(C(=O)NCCOC)cc1[N+](=O)[O-]. The van der Waals surface area contributed by atoms with E-state index >= 15 is 0 Å². The van der Waals surface area contributed by atoms with Crippen molar-refractivity contribution in [2.45, 2.75) is 0 Å². The number of nitro groups is 1. The van der Waals surface area contributed by atoms with Gasteiger partial charge in [0.25, 0.3) is 11.6 Å². The van der Waals surface area contributed by atoms with E-state index in [2.05, 4.69) is 10.6 Å². The normalized spacial score (nSPS) is 9.89. The molecule has 1 aromatic carbocycles. The number of anilines is 1. The summed E-state index contributed by atoms with van der Waals surface area (Å²) in [6, 6.07) is 4.28. The van der Waals surface area contributed by atoms with Gasteiger partial charge in [-0.15, -0.1) is 0 Å². The highest BCUT2D eigenvalue weighted by molar-refractivity contribution is 5.95. The molecule has 0 aliphatic heterocycles. The second kappa shape index (κ2) is 6.55. The molecule has 0 atom stereocenters. The molecule has 98 valence electrons. The first-order valence-electron chi connectivity index (χ1n) is 5.33. The van der Waals surface area contributed by atoms with Gasteiger partial charge in [0.05, 0.1) is 11.5 Å². The number of carbonyl (C=O) groups is 1. The van der Waals surface area contributed by atoms with Crippen LogP contribution in [0.15, 0.2) is 18.2 Å². The van der Waals surface area contributed by atoms with Gasteiger partial charge in [-0.3, -0.25) is 14.9 Å². The molecule has 0 unspecified atom stereocenters. The fourth-order valence-electron chi connectivity index (χ4n) is 1.40. The van der Waals surface area contributed by atoms with Gasteiger partial charge in [-0.05, 0) is 12.1 Å². The van der Waals surface area contributed by atoms with Crippen LogP contribution in [-0.2, 0) is 4.74 Å². The number of methoxy groups -OCH3 is 1. The second-order valence-electron chi connectivity index (χ2n) is 3.49. The second-order valence-corrected chi connectivity index (χ2v) is 3.49. The number of amides is 1. The Labute approximate surface area is 104 Å². The summed E-state index contributed by atoms with van der Waals surface area (Å²) < 4.78 is 4.79. The fourth-order valence-corrected chi connectivity index (χ4v) is 1.40. The molecule has 0 radical (unpaired) electrons. The topological polar surface area (TPSA) is 93.5 Å². The highest BCUT2D eigenvalue weighted by atomic mass is 16.6. The van der Waals surface area contributed by atoms with Crippen molar-refractivity contribution in [3.8, 4) is 0 Å². The van der Waals surface area contributed by atoms with Crippen LogP contribution in [0.5, 0.6) is 0 Å². The van der Waals surface area contributed by atoms with Crippen LogP contribution < -0.4 is 10.6 Å². The molecule has 7 heteroatoms. The highest BCUT2D eigenvalue weighted by Gasteiger charge is 2.16. The Morgan fingerprint density at radius 3 is 2.78 bits per heavy atom. The van der Waals surface area contributed by atoms with Crippen molar-refractivity contribution in [1.82, 2.24) is 5.32 Å². The third-order valence-electron chi connectivity index (χ3n) is 2.32. The average Bonchev–Trinajstić information content (AvgIpc) is 2.38. The third kappa shape index (κ3) is 3.42. The molecule has 0 saturated heterocycles. The monoisotopic (exact) mass is 253 g/mol. The maximum atomic E-state index is 11.7. The molecule has 1 aromatic rings. The first-order chi connectivity index (χ1) is 8.60. The Balaban J connectivity index is 2.87. The van der Waals surface area contributed by atoms with Crippen LogP contribution in [0.25, 0.3) is 0 Å². The molecule has 0 aliphatic rings. The minimum absolute atomic E-state index is 0.128. The summed E-state index contributed by atoms with van der Waals surface area (Å²) >= 11 is 0. The van der Waals surface area contributed by atoms with Crippen LogP contribution in [0.4, 0.5) is 11.4 Å². The summed E-state index contributed by atoms with van der Waals surface area (Å²) in [6.45, 7) is 0.749. The van der Waals surface area contributed by atoms with E-state index < -0.39 is 4.92 Å². The Morgan fingerprint density at radius 1 is 1.50 bits per heavy atom. The number of nitrogens with one attached hydrogen (secondary N) is 2. The smallest absolute Gasteiger partial charge is 0.293 e. The third-order valence-corrected chi connectivity index (χ3v) is 2.32. The van der Waals surface area contributed by atoms with E-state index in [4.69, 9.17) is 4.74 Å². The first-order valence-corrected chi connectivity index (χ1v) is 5.33. The minimum Gasteiger partial charge on any atom is -0.383 e. The van der Waals surface area contributed by atoms with Gasteiger partial charge in [0, 0.05) is 32.3 Å². The molecule has 1 amide bonds. The van der Waals surface area contributed by atoms with E-state index in [-0.39, 0.29) is 17.2 Å². The summed E-state index contributed by atoms with van der Waals surface area (Å²) in [5, 5.41) is 16.1. The Hall–Kier alpha value is -2.15. The molecule has 0 aromatic heterocycles. The molecule has 0 saturated carbocycles. The lowest BCUT2D eigenvalue weighted by Gasteiger charge is -2.06.